The van der Waals surface area contributed by atoms with Gasteiger partial charge in [-0.25, -0.2) is 17.9 Å². The fourth-order valence-electron chi connectivity index (χ4n) is 1.49. The van der Waals surface area contributed by atoms with Gasteiger partial charge in [-0.3, -0.25) is 0 Å². The van der Waals surface area contributed by atoms with Gasteiger partial charge in [0.1, 0.15) is 4.90 Å². The van der Waals surface area contributed by atoms with Crippen molar-refractivity contribution in [3.05, 3.63) is 28.8 Å². The maximum Gasteiger partial charge on any atom is 0.335 e. The van der Waals surface area contributed by atoms with Crippen LogP contribution in [0.4, 0.5) is 0 Å². The van der Waals surface area contributed by atoms with E-state index in [4.69, 9.17) is 21.8 Å². The fourth-order valence-corrected chi connectivity index (χ4v) is 3.18. The summed E-state index contributed by atoms with van der Waals surface area (Å²) in [6.45, 7) is 1.89. The standard InChI is InChI=1S/C12H16ClNO5S/c1-8(4-5-15)7-14-20(18,19)11-6-9(12(16)17)2-3-10(11)13/h2-3,6,8,14-15H,4-5,7H2,1H3,(H,16,17). The number of carboxylic acid groups (broad SMARTS) is 1. The molecule has 6 nitrogen and oxygen atoms in total. The second-order valence-corrected chi connectivity index (χ2v) is 6.56. The Morgan fingerprint density at radius 1 is 1.45 bits per heavy atom. The summed E-state index contributed by atoms with van der Waals surface area (Å²) in [7, 11) is -3.89. The van der Waals surface area contributed by atoms with Crippen LogP contribution in [0.25, 0.3) is 0 Å². The van der Waals surface area contributed by atoms with E-state index in [1.807, 2.05) is 0 Å². The van der Waals surface area contributed by atoms with E-state index in [1.54, 1.807) is 6.92 Å². The number of aliphatic hydroxyl groups is 1. The Hall–Kier alpha value is -1.15. The van der Waals surface area contributed by atoms with Crippen molar-refractivity contribution in [3.8, 4) is 0 Å². The number of rotatable bonds is 7. The van der Waals surface area contributed by atoms with Crippen LogP contribution in [0.3, 0.4) is 0 Å². The van der Waals surface area contributed by atoms with Crippen molar-refractivity contribution in [3.63, 3.8) is 0 Å². The van der Waals surface area contributed by atoms with Gasteiger partial charge in [-0.05, 0) is 30.5 Å². The van der Waals surface area contributed by atoms with Crippen molar-refractivity contribution in [2.24, 2.45) is 5.92 Å². The highest BCUT2D eigenvalue weighted by molar-refractivity contribution is 7.89. The molecule has 0 fully saturated rings. The van der Waals surface area contributed by atoms with Gasteiger partial charge in [-0.15, -0.1) is 0 Å². The van der Waals surface area contributed by atoms with Gasteiger partial charge in [-0.2, -0.15) is 0 Å². The van der Waals surface area contributed by atoms with Crippen LogP contribution in [-0.4, -0.2) is 37.8 Å². The van der Waals surface area contributed by atoms with Gasteiger partial charge < -0.3 is 10.2 Å². The van der Waals surface area contributed by atoms with E-state index < -0.39 is 16.0 Å². The van der Waals surface area contributed by atoms with Crippen LogP contribution in [0.1, 0.15) is 23.7 Å². The molecule has 0 aliphatic carbocycles. The first-order chi connectivity index (χ1) is 9.27. The quantitative estimate of drug-likeness (QED) is 0.703. The molecule has 112 valence electrons. The lowest BCUT2D eigenvalue weighted by atomic mass is 10.1. The molecule has 3 N–H and O–H groups in total. The predicted molar refractivity (Wildman–Crippen MR) is 74.5 cm³/mol. The van der Waals surface area contributed by atoms with Gasteiger partial charge in [0.25, 0.3) is 0 Å². The molecule has 1 unspecified atom stereocenters. The van der Waals surface area contributed by atoms with Gasteiger partial charge in [0.05, 0.1) is 10.6 Å². The van der Waals surface area contributed by atoms with Crippen LogP contribution in [0.5, 0.6) is 0 Å². The van der Waals surface area contributed by atoms with E-state index in [0.29, 0.717) is 6.42 Å². The Morgan fingerprint density at radius 2 is 2.10 bits per heavy atom. The smallest absolute Gasteiger partial charge is 0.335 e. The normalized spacial score (nSPS) is 13.2. The third kappa shape index (κ3) is 4.45. The molecule has 0 saturated heterocycles. The van der Waals surface area contributed by atoms with E-state index >= 15 is 0 Å². The number of halogens is 1. The molecule has 1 aromatic carbocycles. The predicted octanol–water partition coefficient (Wildman–Crippen LogP) is 1.34. The lowest BCUT2D eigenvalue weighted by molar-refractivity contribution is 0.0696. The molecule has 0 heterocycles. The topological polar surface area (TPSA) is 104 Å². The van der Waals surface area contributed by atoms with Gasteiger partial charge in [-0.1, -0.05) is 18.5 Å². The Morgan fingerprint density at radius 3 is 2.65 bits per heavy atom. The summed E-state index contributed by atoms with van der Waals surface area (Å²) in [4.78, 5) is 10.6. The monoisotopic (exact) mass is 321 g/mol. The summed E-state index contributed by atoms with van der Waals surface area (Å²) in [5, 5.41) is 17.6. The zero-order valence-electron chi connectivity index (χ0n) is 10.8. The number of hydrogen-bond donors (Lipinski definition) is 3. The Labute approximate surface area is 122 Å². The maximum atomic E-state index is 12.1. The van der Waals surface area contributed by atoms with E-state index in [9.17, 15) is 13.2 Å². The molecule has 0 spiro atoms. The number of hydrogen-bond acceptors (Lipinski definition) is 4. The minimum atomic E-state index is -3.89. The van der Waals surface area contributed by atoms with Crippen LogP contribution in [0.2, 0.25) is 5.02 Å². The number of aliphatic hydroxyl groups excluding tert-OH is 1. The molecule has 0 aliphatic heterocycles. The van der Waals surface area contributed by atoms with Crippen molar-refractivity contribution in [2.45, 2.75) is 18.2 Å². The highest BCUT2D eigenvalue weighted by Gasteiger charge is 2.20. The van der Waals surface area contributed by atoms with Crippen molar-refractivity contribution in [2.75, 3.05) is 13.2 Å². The average molecular weight is 322 g/mol. The highest BCUT2D eigenvalue weighted by Crippen LogP contribution is 2.22. The number of benzene rings is 1. The molecule has 0 radical (unpaired) electrons. The van der Waals surface area contributed by atoms with Crippen LogP contribution in [-0.2, 0) is 10.0 Å². The second-order valence-electron chi connectivity index (χ2n) is 4.42. The third-order valence-electron chi connectivity index (χ3n) is 2.71. The van der Waals surface area contributed by atoms with Crippen LogP contribution >= 0.6 is 11.6 Å². The summed E-state index contributed by atoms with van der Waals surface area (Å²) in [5.41, 5.74) is -0.154. The Kier molecular flexibility index (Phi) is 5.94. The Bertz CT molecular complexity index is 588. The highest BCUT2D eigenvalue weighted by atomic mass is 35.5. The van der Waals surface area contributed by atoms with Crippen LogP contribution in [0, 0.1) is 5.92 Å². The molecule has 1 rings (SSSR count). The molecule has 0 aliphatic rings. The van der Waals surface area contributed by atoms with E-state index in [0.717, 1.165) is 6.07 Å². The van der Waals surface area contributed by atoms with Gasteiger partial charge >= 0.3 is 5.97 Å². The average Bonchev–Trinajstić information content (AvgIpc) is 2.37. The first kappa shape index (κ1) is 16.9. The van der Waals surface area contributed by atoms with E-state index in [2.05, 4.69) is 4.72 Å². The van der Waals surface area contributed by atoms with Crippen LogP contribution < -0.4 is 4.72 Å². The minimum Gasteiger partial charge on any atom is -0.478 e. The van der Waals surface area contributed by atoms with E-state index in [1.165, 1.54) is 12.1 Å². The summed E-state index contributed by atoms with van der Waals surface area (Å²) < 4.78 is 26.5. The molecule has 0 bridgehead atoms. The summed E-state index contributed by atoms with van der Waals surface area (Å²) >= 11 is 5.81. The zero-order valence-corrected chi connectivity index (χ0v) is 12.4. The van der Waals surface area contributed by atoms with Gasteiger partial charge in [0, 0.05) is 13.2 Å². The van der Waals surface area contributed by atoms with Crippen molar-refractivity contribution in [1.29, 1.82) is 0 Å². The Balaban J connectivity index is 2.97. The molecular formula is C12H16ClNO5S. The molecule has 20 heavy (non-hydrogen) atoms. The molecule has 8 heteroatoms. The third-order valence-corrected chi connectivity index (χ3v) is 4.62. The fraction of sp³-hybridized carbons (Fsp3) is 0.417. The summed E-state index contributed by atoms with van der Waals surface area (Å²) in [6, 6.07) is 3.48. The van der Waals surface area contributed by atoms with Crippen molar-refractivity contribution in [1.82, 2.24) is 4.72 Å². The molecule has 0 saturated carbocycles. The number of nitrogens with one attached hydrogen (secondary N) is 1. The first-order valence-corrected chi connectivity index (χ1v) is 7.77. The first-order valence-electron chi connectivity index (χ1n) is 5.91. The largest absolute Gasteiger partial charge is 0.478 e. The molecule has 1 aromatic rings. The number of sulfonamides is 1. The lowest BCUT2D eigenvalue weighted by Gasteiger charge is -2.13. The number of carbonyl (C=O) groups is 1. The SMILES string of the molecule is CC(CCO)CNS(=O)(=O)c1cc(C(=O)O)ccc1Cl. The lowest BCUT2D eigenvalue weighted by Crippen LogP contribution is -2.29. The van der Waals surface area contributed by atoms with Crippen molar-refractivity contribution >= 4 is 27.6 Å². The minimum absolute atomic E-state index is 0.0296. The number of carboxylic acids is 1. The van der Waals surface area contributed by atoms with E-state index in [-0.39, 0.29) is 34.6 Å². The van der Waals surface area contributed by atoms with Gasteiger partial charge in [0.2, 0.25) is 10.0 Å². The van der Waals surface area contributed by atoms with Gasteiger partial charge in [0.15, 0.2) is 0 Å². The molecule has 1 atom stereocenters. The van der Waals surface area contributed by atoms with Crippen molar-refractivity contribution < 1.29 is 23.4 Å². The zero-order chi connectivity index (χ0) is 15.3. The maximum absolute atomic E-state index is 12.1. The van der Waals surface area contributed by atoms with Crippen LogP contribution in [0.15, 0.2) is 23.1 Å². The summed E-state index contributed by atoms with van der Waals surface area (Å²) in [5.74, 6) is -1.28. The second kappa shape index (κ2) is 7.03. The summed E-state index contributed by atoms with van der Waals surface area (Å²) in [6.07, 6.45) is 0.464. The number of aromatic carboxylic acids is 1. The molecule has 0 amide bonds. The molecule has 0 aromatic heterocycles. The molecular weight excluding hydrogens is 306 g/mol.